The Bertz CT molecular complexity index is 151. The van der Waals surface area contributed by atoms with Crippen molar-refractivity contribution in [2.24, 2.45) is 11.8 Å². The van der Waals surface area contributed by atoms with E-state index in [9.17, 15) is 5.11 Å². The van der Waals surface area contributed by atoms with Gasteiger partial charge in [-0.3, -0.25) is 0 Å². The molecule has 2 aliphatic rings. The molecule has 0 bridgehead atoms. The molecule has 0 radical (unpaired) electrons. The Labute approximate surface area is 81.5 Å². The highest BCUT2D eigenvalue weighted by molar-refractivity contribution is 4.77. The Hall–Kier alpha value is -0.0400. The van der Waals surface area contributed by atoms with Gasteiger partial charge in [-0.2, -0.15) is 0 Å². The summed E-state index contributed by atoms with van der Waals surface area (Å²) in [5.41, 5.74) is 0. The second-order valence-corrected chi connectivity index (χ2v) is 4.99. The number of aliphatic hydroxyl groups is 1. The van der Waals surface area contributed by atoms with Crippen molar-refractivity contribution in [3.8, 4) is 0 Å². The third-order valence-corrected chi connectivity index (χ3v) is 4.04. The van der Waals surface area contributed by atoms with E-state index in [1.807, 2.05) is 0 Å². The molecule has 2 aliphatic carbocycles. The van der Waals surface area contributed by atoms with Gasteiger partial charge < -0.3 is 5.11 Å². The molecule has 1 heteroatoms. The van der Waals surface area contributed by atoms with Crippen molar-refractivity contribution < 1.29 is 5.11 Å². The zero-order valence-electron chi connectivity index (χ0n) is 8.54. The summed E-state index contributed by atoms with van der Waals surface area (Å²) in [4.78, 5) is 0. The molecular formula is C12H22O. The second-order valence-electron chi connectivity index (χ2n) is 4.99. The molecule has 2 fully saturated rings. The minimum Gasteiger partial charge on any atom is -0.393 e. The van der Waals surface area contributed by atoms with Gasteiger partial charge in [-0.25, -0.2) is 0 Å². The first-order valence-corrected chi connectivity index (χ1v) is 6.04. The molecule has 2 atom stereocenters. The zero-order valence-corrected chi connectivity index (χ0v) is 8.54. The summed E-state index contributed by atoms with van der Waals surface area (Å²) in [5, 5.41) is 9.77. The van der Waals surface area contributed by atoms with Crippen molar-refractivity contribution in [2.45, 2.75) is 63.9 Å². The van der Waals surface area contributed by atoms with Gasteiger partial charge in [-0.05, 0) is 31.1 Å². The fourth-order valence-corrected chi connectivity index (χ4v) is 2.76. The van der Waals surface area contributed by atoms with Crippen molar-refractivity contribution in [2.75, 3.05) is 0 Å². The van der Waals surface area contributed by atoms with E-state index in [2.05, 4.69) is 0 Å². The second kappa shape index (κ2) is 4.45. The summed E-state index contributed by atoms with van der Waals surface area (Å²) >= 11 is 0. The number of hydrogen-bond acceptors (Lipinski definition) is 1. The van der Waals surface area contributed by atoms with Crippen LogP contribution >= 0.6 is 0 Å². The molecule has 0 aromatic rings. The van der Waals surface area contributed by atoms with Gasteiger partial charge in [0.1, 0.15) is 0 Å². The Morgan fingerprint density at radius 3 is 2.23 bits per heavy atom. The van der Waals surface area contributed by atoms with Gasteiger partial charge in [0.2, 0.25) is 0 Å². The Morgan fingerprint density at radius 2 is 1.62 bits per heavy atom. The van der Waals surface area contributed by atoms with E-state index < -0.39 is 0 Å². The first-order chi connectivity index (χ1) is 6.36. The van der Waals surface area contributed by atoms with Crippen molar-refractivity contribution in [3.05, 3.63) is 0 Å². The zero-order chi connectivity index (χ0) is 9.10. The predicted molar refractivity (Wildman–Crippen MR) is 54.5 cm³/mol. The van der Waals surface area contributed by atoms with Crippen LogP contribution in [-0.4, -0.2) is 11.2 Å². The largest absolute Gasteiger partial charge is 0.393 e. The molecule has 0 aromatic heterocycles. The molecule has 1 nitrogen and oxygen atoms in total. The quantitative estimate of drug-likeness (QED) is 0.711. The van der Waals surface area contributed by atoms with Crippen LogP contribution in [0.5, 0.6) is 0 Å². The normalized spacial score (nSPS) is 35.8. The van der Waals surface area contributed by atoms with Crippen LogP contribution in [0.3, 0.4) is 0 Å². The van der Waals surface area contributed by atoms with Gasteiger partial charge >= 0.3 is 0 Å². The van der Waals surface area contributed by atoms with E-state index in [1.54, 1.807) is 0 Å². The maximum atomic E-state index is 9.77. The maximum Gasteiger partial charge on any atom is 0.0568 e. The monoisotopic (exact) mass is 182 g/mol. The summed E-state index contributed by atoms with van der Waals surface area (Å²) in [6.07, 6.45) is 12.1. The number of hydrogen-bond donors (Lipinski definition) is 1. The smallest absolute Gasteiger partial charge is 0.0568 e. The van der Waals surface area contributed by atoms with Crippen molar-refractivity contribution in [3.63, 3.8) is 0 Å². The molecule has 0 unspecified atom stereocenters. The summed E-state index contributed by atoms with van der Waals surface area (Å²) < 4.78 is 0. The van der Waals surface area contributed by atoms with Crippen LogP contribution in [0.2, 0.25) is 0 Å². The average Bonchev–Trinajstić information content (AvgIpc) is 2.05. The highest BCUT2D eigenvalue weighted by atomic mass is 16.3. The predicted octanol–water partition coefficient (Wildman–Crippen LogP) is 3.12. The van der Waals surface area contributed by atoms with Crippen molar-refractivity contribution in [1.29, 1.82) is 0 Å². The van der Waals surface area contributed by atoms with Crippen LogP contribution in [0.15, 0.2) is 0 Å². The van der Waals surface area contributed by atoms with Gasteiger partial charge in [0, 0.05) is 0 Å². The van der Waals surface area contributed by atoms with Crippen LogP contribution in [0.4, 0.5) is 0 Å². The molecule has 0 aliphatic heterocycles. The SMILES string of the molecule is O[C@@H]1CCCC[C@H]1CCC1CCC1. The lowest BCUT2D eigenvalue weighted by atomic mass is 9.77. The number of rotatable bonds is 3. The van der Waals surface area contributed by atoms with Gasteiger partial charge in [-0.15, -0.1) is 0 Å². The summed E-state index contributed by atoms with van der Waals surface area (Å²) in [5.74, 6) is 1.67. The fraction of sp³-hybridized carbons (Fsp3) is 1.00. The molecule has 1 N–H and O–H groups in total. The van der Waals surface area contributed by atoms with Crippen LogP contribution in [-0.2, 0) is 0 Å². The van der Waals surface area contributed by atoms with E-state index in [0.29, 0.717) is 5.92 Å². The van der Waals surface area contributed by atoms with Crippen LogP contribution in [0.25, 0.3) is 0 Å². The molecule has 2 rings (SSSR count). The lowest BCUT2D eigenvalue weighted by Crippen LogP contribution is -2.25. The molecule has 0 spiro atoms. The third kappa shape index (κ3) is 2.46. The Kier molecular flexibility index (Phi) is 3.26. The van der Waals surface area contributed by atoms with E-state index in [4.69, 9.17) is 0 Å². The maximum absolute atomic E-state index is 9.77. The Morgan fingerprint density at radius 1 is 0.846 bits per heavy atom. The van der Waals surface area contributed by atoms with Crippen molar-refractivity contribution >= 4 is 0 Å². The van der Waals surface area contributed by atoms with Gasteiger partial charge in [0.15, 0.2) is 0 Å². The van der Waals surface area contributed by atoms with Gasteiger partial charge in [0.25, 0.3) is 0 Å². The highest BCUT2D eigenvalue weighted by Gasteiger charge is 2.25. The van der Waals surface area contributed by atoms with Gasteiger partial charge in [0.05, 0.1) is 6.10 Å². The summed E-state index contributed by atoms with van der Waals surface area (Å²) in [6.45, 7) is 0. The number of aliphatic hydroxyl groups excluding tert-OH is 1. The van der Waals surface area contributed by atoms with Crippen LogP contribution < -0.4 is 0 Å². The van der Waals surface area contributed by atoms with E-state index >= 15 is 0 Å². The molecule has 0 saturated heterocycles. The van der Waals surface area contributed by atoms with Gasteiger partial charge in [-0.1, -0.05) is 38.5 Å². The summed E-state index contributed by atoms with van der Waals surface area (Å²) in [6, 6.07) is 0. The minimum absolute atomic E-state index is 0.0360. The molecule has 2 saturated carbocycles. The minimum atomic E-state index is 0.0360. The van der Waals surface area contributed by atoms with E-state index in [0.717, 1.165) is 12.3 Å². The third-order valence-electron chi connectivity index (χ3n) is 4.04. The van der Waals surface area contributed by atoms with E-state index in [-0.39, 0.29) is 6.10 Å². The fourth-order valence-electron chi connectivity index (χ4n) is 2.76. The molecule has 13 heavy (non-hydrogen) atoms. The topological polar surface area (TPSA) is 20.2 Å². The lowest BCUT2D eigenvalue weighted by Gasteiger charge is -2.31. The molecule has 0 aromatic carbocycles. The van der Waals surface area contributed by atoms with Crippen LogP contribution in [0, 0.1) is 11.8 Å². The lowest BCUT2D eigenvalue weighted by molar-refractivity contribution is 0.0590. The molecule has 76 valence electrons. The first kappa shape index (κ1) is 9.51. The average molecular weight is 182 g/mol. The molecule has 0 amide bonds. The van der Waals surface area contributed by atoms with E-state index in [1.165, 1.54) is 51.4 Å². The van der Waals surface area contributed by atoms with Crippen molar-refractivity contribution in [1.82, 2.24) is 0 Å². The standard InChI is InChI=1S/C12H22O/c13-12-7-2-1-6-11(12)9-8-10-4-3-5-10/h10-13H,1-9H2/t11-,12+/m0/s1. The first-order valence-electron chi connectivity index (χ1n) is 6.04. The molecular weight excluding hydrogens is 160 g/mol. The highest BCUT2D eigenvalue weighted by Crippen LogP contribution is 2.35. The van der Waals surface area contributed by atoms with Crippen LogP contribution in [0.1, 0.15) is 57.8 Å². The Balaban J connectivity index is 1.66. The molecule has 0 heterocycles. The summed E-state index contributed by atoms with van der Waals surface area (Å²) in [7, 11) is 0.